The van der Waals surface area contributed by atoms with Crippen LogP contribution in [0.2, 0.25) is 0 Å². The van der Waals surface area contributed by atoms with Crippen molar-refractivity contribution >= 4 is 28.4 Å². The fourth-order valence-electron chi connectivity index (χ4n) is 1.65. The SMILES string of the molecule is O=C(CCl)NCCc1ccc2[nH]ccc2c1. The fourth-order valence-corrected chi connectivity index (χ4v) is 1.75. The molecule has 2 rings (SSSR count). The summed E-state index contributed by atoms with van der Waals surface area (Å²) in [4.78, 5) is 14.1. The van der Waals surface area contributed by atoms with Crippen LogP contribution in [-0.4, -0.2) is 23.3 Å². The largest absolute Gasteiger partial charge is 0.361 e. The van der Waals surface area contributed by atoms with Crippen LogP contribution in [0.3, 0.4) is 0 Å². The summed E-state index contributed by atoms with van der Waals surface area (Å²) in [7, 11) is 0. The number of halogens is 1. The summed E-state index contributed by atoms with van der Waals surface area (Å²) in [6.45, 7) is 0.626. The summed E-state index contributed by atoms with van der Waals surface area (Å²) in [5.74, 6) is -0.0963. The first-order chi connectivity index (χ1) is 7.79. The second kappa shape index (κ2) is 5.03. The Hall–Kier alpha value is -1.48. The number of alkyl halides is 1. The molecule has 0 saturated heterocycles. The third-order valence-corrected chi connectivity index (χ3v) is 2.72. The molecule has 2 aromatic rings. The van der Waals surface area contributed by atoms with Crippen molar-refractivity contribution in [2.45, 2.75) is 6.42 Å². The zero-order valence-electron chi connectivity index (χ0n) is 8.79. The van der Waals surface area contributed by atoms with Gasteiger partial charge in [0.05, 0.1) is 0 Å². The minimum absolute atomic E-state index is 0.0246. The average Bonchev–Trinajstić information content (AvgIpc) is 2.76. The number of nitrogens with one attached hydrogen (secondary N) is 2. The van der Waals surface area contributed by atoms with Gasteiger partial charge in [0, 0.05) is 18.3 Å². The van der Waals surface area contributed by atoms with E-state index in [0.717, 1.165) is 11.9 Å². The van der Waals surface area contributed by atoms with E-state index < -0.39 is 0 Å². The van der Waals surface area contributed by atoms with E-state index in [1.807, 2.05) is 18.3 Å². The van der Waals surface area contributed by atoms with Crippen LogP contribution >= 0.6 is 11.6 Å². The molecule has 0 radical (unpaired) electrons. The molecule has 0 aliphatic heterocycles. The molecule has 84 valence electrons. The predicted octanol–water partition coefficient (Wildman–Crippen LogP) is 2.07. The first-order valence-electron chi connectivity index (χ1n) is 5.18. The summed E-state index contributed by atoms with van der Waals surface area (Å²) >= 11 is 5.38. The Kier molecular flexibility index (Phi) is 3.47. The van der Waals surface area contributed by atoms with Crippen molar-refractivity contribution in [3.63, 3.8) is 0 Å². The molecule has 16 heavy (non-hydrogen) atoms. The van der Waals surface area contributed by atoms with Gasteiger partial charge < -0.3 is 10.3 Å². The van der Waals surface area contributed by atoms with Gasteiger partial charge in [-0.2, -0.15) is 0 Å². The molecular formula is C12H13ClN2O. The van der Waals surface area contributed by atoms with E-state index in [1.165, 1.54) is 10.9 Å². The third kappa shape index (κ3) is 2.55. The summed E-state index contributed by atoms with van der Waals surface area (Å²) < 4.78 is 0. The van der Waals surface area contributed by atoms with Crippen molar-refractivity contribution in [2.75, 3.05) is 12.4 Å². The van der Waals surface area contributed by atoms with Gasteiger partial charge in [0.1, 0.15) is 5.88 Å². The van der Waals surface area contributed by atoms with Gasteiger partial charge in [-0.05, 0) is 35.6 Å². The van der Waals surface area contributed by atoms with Crippen molar-refractivity contribution in [2.24, 2.45) is 0 Å². The second-order valence-electron chi connectivity index (χ2n) is 3.63. The quantitative estimate of drug-likeness (QED) is 0.785. The molecule has 1 heterocycles. The van der Waals surface area contributed by atoms with E-state index in [-0.39, 0.29) is 11.8 Å². The fraction of sp³-hybridized carbons (Fsp3) is 0.250. The first kappa shape index (κ1) is 11.0. The number of carbonyl (C=O) groups is 1. The highest BCUT2D eigenvalue weighted by molar-refractivity contribution is 6.27. The zero-order chi connectivity index (χ0) is 11.4. The van der Waals surface area contributed by atoms with Crippen LogP contribution in [0.4, 0.5) is 0 Å². The molecule has 0 aliphatic rings. The molecule has 0 spiro atoms. The number of benzene rings is 1. The highest BCUT2D eigenvalue weighted by Gasteiger charge is 1.99. The van der Waals surface area contributed by atoms with Gasteiger partial charge in [0.2, 0.25) is 5.91 Å². The van der Waals surface area contributed by atoms with Gasteiger partial charge in [-0.3, -0.25) is 4.79 Å². The number of hydrogen-bond donors (Lipinski definition) is 2. The van der Waals surface area contributed by atoms with Crippen LogP contribution in [-0.2, 0) is 11.2 Å². The lowest BCUT2D eigenvalue weighted by Crippen LogP contribution is -2.26. The molecule has 0 fully saturated rings. The Bertz CT molecular complexity index is 492. The lowest BCUT2D eigenvalue weighted by Gasteiger charge is -2.03. The van der Waals surface area contributed by atoms with Crippen LogP contribution in [0, 0.1) is 0 Å². The van der Waals surface area contributed by atoms with Crippen LogP contribution in [0.25, 0.3) is 10.9 Å². The maximum Gasteiger partial charge on any atom is 0.234 e. The van der Waals surface area contributed by atoms with Crippen LogP contribution in [0.15, 0.2) is 30.5 Å². The molecule has 4 heteroatoms. The molecule has 1 aromatic heterocycles. The molecule has 0 unspecified atom stereocenters. The van der Waals surface area contributed by atoms with E-state index in [1.54, 1.807) is 0 Å². The maximum absolute atomic E-state index is 10.9. The lowest BCUT2D eigenvalue weighted by atomic mass is 10.1. The average molecular weight is 237 g/mol. The van der Waals surface area contributed by atoms with Gasteiger partial charge in [-0.1, -0.05) is 6.07 Å². The smallest absolute Gasteiger partial charge is 0.234 e. The molecule has 0 aliphatic carbocycles. The molecule has 0 atom stereocenters. The Morgan fingerprint density at radius 1 is 1.38 bits per heavy atom. The molecular weight excluding hydrogens is 224 g/mol. The summed E-state index contributed by atoms with van der Waals surface area (Å²) in [5, 5.41) is 3.94. The van der Waals surface area contributed by atoms with Crippen molar-refractivity contribution in [3.8, 4) is 0 Å². The first-order valence-corrected chi connectivity index (χ1v) is 5.72. The van der Waals surface area contributed by atoms with Crippen LogP contribution in [0.5, 0.6) is 0 Å². The lowest BCUT2D eigenvalue weighted by molar-refractivity contribution is -0.118. The minimum atomic E-state index is -0.121. The summed E-state index contributed by atoms with van der Waals surface area (Å²) in [6, 6.07) is 8.27. The summed E-state index contributed by atoms with van der Waals surface area (Å²) in [5.41, 5.74) is 2.34. The minimum Gasteiger partial charge on any atom is -0.361 e. The number of carbonyl (C=O) groups excluding carboxylic acids is 1. The summed E-state index contributed by atoms with van der Waals surface area (Å²) in [6.07, 6.45) is 2.74. The molecule has 0 bridgehead atoms. The molecule has 0 saturated carbocycles. The van der Waals surface area contributed by atoms with Gasteiger partial charge in [0.25, 0.3) is 0 Å². The Morgan fingerprint density at radius 2 is 2.25 bits per heavy atom. The number of amides is 1. The molecule has 1 aromatic carbocycles. The number of aromatic nitrogens is 1. The normalized spacial score (nSPS) is 10.6. The molecule has 3 nitrogen and oxygen atoms in total. The second-order valence-corrected chi connectivity index (χ2v) is 3.90. The van der Waals surface area contributed by atoms with Crippen LogP contribution < -0.4 is 5.32 Å². The van der Waals surface area contributed by atoms with Crippen molar-refractivity contribution in [3.05, 3.63) is 36.0 Å². The molecule has 1 amide bonds. The van der Waals surface area contributed by atoms with Gasteiger partial charge >= 0.3 is 0 Å². The van der Waals surface area contributed by atoms with Gasteiger partial charge in [-0.25, -0.2) is 0 Å². The van der Waals surface area contributed by atoms with Crippen LogP contribution in [0.1, 0.15) is 5.56 Å². The van der Waals surface area contributed by atoms with E-state index in [0.29, 0.717) is 6.54 Å². The third-order valence-electron chi connectivity index (χ3n) is 2.47. The van der Waals surface area contributed by atoms with Crippen molar-refractivity contribution in [1.29, 1.82) is 0 Å². The Labute approximate surface area is 98.8 Å². The number of hydrogen-bond acceptors (Lipinski definition) is 1. The number of aromatic amines is 1. The van der Waals surface area contributed by atoms with Crippen molar-refractivity contribution in [1.82, 2.24) is 10.3 Å². The number of H-pyrrole nitrogens is 1. The maximum atomic E-state index is 10.9. The number of fused-ring (bicyclic) bond motifs is 1. The van der Waals surface area contributed by atoms with Gasteiger partial charge in [0.15, 0.2) is 0 Å². The zero-order valence-corrected chi connectivity index (χ0v) is 9.55. The van der Waals surface area contributed by atoms with E-state index in [2.05, 4.69) is 22.4 Å². The standard InChI is InChI=1S/C12H13ClN2O/c13-8-12(16)15-5-3-9-1-2-11-10(7-9)4-6-14-11/h1-2,4,6-7,14H,3,5,8H2,(H,15,16). The number of rotatable bonds is 4. The highest BCUT2D eigenvalue weighted by atomic mass is 35.5. The topological polar surface area (TPSA) is 44.9 Å². The Morgan fingerprint density at radius 3 is 3.06 bits per heavy atom. The van der Waals surface area contributed by atoms with Crippen molar-refractivity contribution < 1.29 is 4.79 Å². The van der Waals surface area contributed by atoms with Gasteiger partial charge in [-0.15, -0.1) is 11.6 Å². The van der Waals surface area contributed by atoms with E-state index in [4.69, 9.17) is 11.6 Å². The Balaban J connectivity index is 1.96. The monoisotopic (exact) mass is 236 g/mol. The highest BCUT2D eigenvalue weighted by Crippen LogP contribution is 2.14. The molecule has 2 N–H and O–H groups in total. The van der Waals surface area contributed by atoms with E-state index >= 15 is 0 Å². The predicted molar refractivity (Wildman–Crippen MR) is 65.7 cm³/mol. The van der Waals surface area contributed by atoms with E-state index in [9.17, 15) is 4.79 Å².